The highest BCUT2D eigenvalue weighted by Crippen LogP contribution is 2.14. The predicted octanol–water partition coefficient (Wildman–Crippen LogP) is 2.33. The first-order valence-corrected chi connectivity index (χ1v) is 4.04. The van der Waals surface area contributed by atoms with Crippen LogP contribution in [0.2, 0.25) is 0 Å². The number of hydrogen-bond donors (Lipinski definition) is 1. The quantitative estimate of drug-likeness (QED) is 0.461. The zero-order valence-corrected chi connectivity index (χ0v) is 7.19. The minimum absolute atomic E-state index is 0.673. The second kappa shape index (κ2) is 5.48. The van der Waals surface area contributed by atoms with E-state index in [0.717, 1.165) is 13.0 Å². The van der Waals surface area contributed by atoms with Crippen molar-refractivity contribution < 1.29 is 0 Å². The molecule has 0 amide bonds. The van der Waals surface area contributed by atoms with Crippen molar-refractivity contribution >= 4 is 0 Å². The fourth-order valence-electron chi connectivity index (χ4n) is 0.841. The van der Waals surface area contributed by atoms with E-state index in [1.54, 1.807) is 0 Å². The SMILES string of the molecule is C=C(C)[C@H](C)CCCCN. The van der Waals surface area contributed by atoms with Crippen LogP contribution in [0.25, 0.3) is 0 Å². The van der Waals surface area contributed by atoms with Crippen LogP contribution < -0.4 is 5.73 Å². The van der Waals surface area contributed by atoms with Crippen LogP contribution in [-0.2, 0) is 0 Å². The van der Waals surface area contributed by atoms with Crippen LogP contribution in [0.4, 0.5) is 0 Å². The molecule has 0 fully saturated rings. The van der Waals surface area contributed by atoms with Gasteiger partial charge in [-0.05, 0) is 32.2 Å². The van der Waals surface area contributed by atoms with E-state index < -0.39 is 0 Å². The number of allylic oxidation sites excluding steroid dienone is 1. The lowest BCUT2D eigenvalue weighted by atomic mass is 9.98. The molecule has 10 heavy (non-hydrogen) atoms. The predicted molar refractivity (Wildman–Crippen MR) is 46.9 cm³/mol. The average molecular weight is 141 g/mol. The van der Waals surface area contributed by atoms with Crippen molar-refractivity contribution in [2.75, 3.05) is 6.54 Å². The van der Waals surface area contributed by atoms with Gasteiger partial charge in [-0.3, -0.25) is 0 Å². The first-order chi connectivity index (χ1) is 4.68. The lowest BCUT2D eigenvalue weighted by Crippen LogP contribution is -2.00. The Bertz CT molecular complexity index is 96.9. The Morgan fingerprint density at radius 2 is 2.10 bits per heavy atom. The molecule has 0 aliphatic rings. The van der Waals surface area contributed by atoms with Crippen LogP contribution in [0.1, 0.15) is 33.1 Å². The molecule has 1 nitrogen and oxygen atoms in total. The lowest BCUT2D eigenvalue weighted by Gasteiger charge is -2.09. The summed E-state index contributed by atoms with van der Waals surface area (Å²) in [5.74, 6) is 0.673. The minimum atomic E-state index is 0.673. The van der Waals surface area contributed by atoms with Crippen LogP contribution in [0, 0.1) is 5.92 Å². The van der Waals surface area contributed by atoms with Crippen LogP contribution >= 0.6 is 0 Å². The van der Waals surface area contributed by atoms with Gasteiger partial charge in [-0.25, -0.2) is 0 Å². The summed E-state index contributed by atoms with van der Waals surface area (Å²) in [7, 11) is 0. The van der Waals surface area contributed by atoms with E-state index >= 15 is 0 Å². The fourth-order valence-corrected chi connectivity index (χ4v) is 0.841. The Labute approximate surface area is 64.3 Å². The number of rotatable bonds is 5. The molecular weight excluding hydrogens is 122 g/mol. The summed E-state index contributed by atoms with van der Waals surface area (Å²) in [6, 6.07) is 0. The Morgan fingerprint density at radius 3 is 2.50 bits per heavy atom. The molecule has 1 atom stereocenters. The van der Waals surface area contributed by atoms with Gasteiger partial charge in [0.15, 0.2) is 0 Å². The van der Waals surface area contributed by atoms with E-state index in [0.29, 0.717) is 5.92 Å². The van der Waals surface area contributed by atoms with E-state index in [2.05, 4.69) is 20.4 Å². The smallest absolute Gasteiger partial charge is 0.00773 e. The molecule has 0 radical (unpaired) electrons. The van der Waals surface area contributed by atoms with E-state index in [1.807, 2.05) is 0 Å². The van der Waals surface area contributed by atoms with Gasteiger partial charge < -0.3 is 5.73 Å². The Balaban J connectivity index is 3.21. The Hall–Kier alpha value is -0.300. The third-order valence-electron chi connectivity index (χ3n) is 1.93. The van der Waals surface area contributed by atoms with Crippen LogP contribution in [0.3, 0.4) is 0 Å². The van der Waals surface area contributed by atoms with Gasteiger partial charge in [0.1, 0.15) is 0 Å². The van der Waals surface area contributed by atoms with Gasteiger partial charge in [0.05, 0.1) is 0 Å². The summed E-state index contributed by atoms with van der Waals surface area (Å²) < 4.78 is 0. The highest BCUT2D eigenvalue weighted by molar-refractivity contribution is 4.93. The van der Waals surface area contributed by atoms with Crippen molar-refractivity contribution in [2.45, 2.75) is 33.1 Å². The average Bonchev–Trinajstić information content (AvgIpc) is 1.88. The molecule has 0 bridgehead atoms. The molecule has 0 aromatic rings. The normalized spacial score (nSPS) is 13.1. The van der Waals surface area contributed by atoms with Crippen LogP contribution in [0.15, 0.2) is 12.2 Å². The van der Waals surface area contributed by atoms with Gasteiger partial charge in [-0.2, -0.15) is 0 Å². The largest absolute Gasteiger partial charge is 0.330 e. The molecule has 0 rings (SSSR count). The number of hydrogen-bond acceptors (Lipinski definition) is 1. The summed E-state index contributed by atoms with van der Waals surface area (Å²) in [4.78, 5) is 0. The minimum Gasteiger partial charge on any atom is -0.330 e. The molecule has 0 saturated carbocycles. The Kier molecular flexibility index (Phi) is 5.32. The second-order valence-electron chi connectivity index (χ2n) is 3.03. The number of nitrogens with two attached hydrogens (primary N) is 1. The van der Waals surface area contributed by atoms with E-state index in [4.69, 9.17) is 5.73 Å². The summed E-state index contributed by atoms with van der Waals surface area (Å²) in [5, 5.41) is 0. The topological polar surface area (TPSA) is 26.0 Å². The van der Waals surface area contributed by atoms with E-state index in [1.165, 1.54) is 18.4 Å². The van der Waals surface area contributed by atoms with Crippen LogP contribution in [-0.4, -0.2) is 6.54 Å². The Morgan fingerprint density at radius 1 is 1.50 bits per heavy atom. The zero-order valence-electron chi connectivity index (χ0n) is 7.19. The molecule has 60 valence electrons. The van der Waals surface area contributed by atoms with Crippen molar-refractivity contribution in [1.29, 1.82) is 0 Å². The maximum absolute atomic E-state index is 5.37. The van der Waals surface area contributed by atoms with Gasteiger partial charge in [0.2, 0.25) is 0 Å². The van der Waals surface area contributed by atoms with Crippen molar-refractivity contribution in [3.63, 3.8) is 0 Å². The molecular formula is C9H19N. The van der Waals surface area contributed by atoms with Gasteiger partial charge in [0, 0.05) is 0 Å². The molecule has 0 aromatic carbocycles. The standard InChI is InChI=1S/C9H19N/c1-8(2)9(3)6-4-5-7-10/h9H,1,4-7,10H2,2-3H3/t9-/m1/s1. The fraction of sp³-hybridized carbons (Fsp3) is 0.778. The van der Waals surface area contributed by atoms with Gasteiger partial charge in [-0.1, -0.05) is 25.5 Å². The summed E-state index contributed by atoms with van der Waals surface area (Å²) in [6.45, 7) is 9.04. The van der Waals surface area contributed by atoms with E-state index in [9.17, 15) is 0 Å². The highest BCUT2D eigenvalue weighted by Gasteiger charge is 2.00. The molecule has 0 unspecified atom stereocenters. The molecule has 2 N–H and O–H groups in total. The van der Waals surface area contributed by atoms with Crippen LogP contribution in [0.5, 0.6) is 0 Å². The van der Waals surface area contributed by atoms with Gasteiger partial charge in [-0.15, -0.1) is 0 Å². The number of unbranched alkanes of at least 4 members (excludes halogenated alkanes) is 1. The van der Waals surface area contributed by atoms with Gasteiger partial charge >= 0.3 is 0 Å². The summed E-state index contributed by atoms with van der Waals surface area (Å²) in [5.41, 5.74) is 6.66. The third-order valence-corrected chi connectivity index (χ3v) is 1.93. The summed E-state index contributed by atoms with van der Waals surface area (Å²) >= 11 is 0. The monoisotopic (exact) mass is 141 g/mol. The second-order valence-corrected chi connectivity index (χ2v) is 3.03. The molecule has 1 heteroatoms. The molecule has 0 aromatic heterocycles. The van der Waals surface area contributed by atoms with Gasteiger partial charge in [0.25, 0.3) is 0 Å². The van der Waals surface area contributed by atoms with Crippen molar-refractivity contribution in [2.24, 2.45) is 11.7 Å². The first kappa shape index (κ1) is 9.70. The maximum Gasteiger partial charge on any atom is -0.00773 e. The zero-order chi connectivity index (χ0) is 7.98. The molecule has 0 saturated heterocycles. The first-order valence-electron chi connectivity index (χ1n) is 4.04. The van der Waals surface area contributed by atoms with Crippen molar-refractivity contribution in [1.82, 2.24) is 0 Å². The van der Waals surface area contributed by atoms with E-state index in [-0.39, 0.29) is 0 Å². The molecule has 0 spiro atoms. The summed E-state index contributed by atoms with van der Waals surface area (Å²) in [6.07, 6.45) is 3.63. The van der Waals surface area contributed by atoms with Crippen molar-refractivity contribution in [3.8, 4) is 0 Å². The van der Waals surface area contributed by atoms with Crippen molar-refractivity contribution in [3.05, 3.63) is 12.2 Å². The highest BCUT2D eigenvalue weighted by atomic mass is 14.5. The molecule has 0 aliphatic carbocycles. The molecule has 0 heterocycles. The maximum atomic E-state index is 5.37. The molecule has 0 aliphatic heterocycles. The lowest BCUT2D eigenvalue weighted by molar-refractivity contribution is 0.563. The third kappa shape index (κ3) is 4.57.